The summed E-state index contributed by atoms with van der Waals surface area (Å²) < 4.78 is 2.50. The van der Waals surface area contributed by atoms with Gasteiger partial charge in [0.25, 0.3) is 0 Å². The van der Waals surface area contributed by atoms with Gasteiger partial charge >= 0.3 is 0 Å². The second-order valence-corrected chi connectivity index (χ2v) is 4.86. The third-order valence-electron chi connectivity index (χ3n) is 2.73. The van der Waals surface area contributed by atoms with Crippen molar-refractivity contribution in [2.45, 2.75) is 13.8 Å². The van der Waals surface area contributed by atoms with Crippen LogP contribution < -0.4 is 0 Å². The predicted molar refractivity (Wildman–Crippen MR) is 70.5 cm³/mol. The van der Waals surface area contributed by atoms with E-state index in [1.54, 1.807) is 4.68 Å². The van der Waals surface area contributed by atoms with Crippen LogP contribution in [0.1, 0.15) is 16.8 Å². The fourth-order valence-electron chi connectivity index (χ4n) is 1.94. The Morgan fingerprint density at radius 1 is 1.35 bits per heavy atom. The van der Waals surface area contributed by atoms with Gasteiger partial charge in [-0.3, -0.25) is 4.68 Å². The molecular weight excluding hydrogens is 278 g/mol. The van der Waals surface area contributed by atoms with Crippen molar-refractivity contribution in [1.29, 1.82) is 5.26 Å². The Balaban J connectivity index is 2.69. The van der Waals surface area contributed by atoms with Gasteiger partial charge in [-0.25, -0.2) is 0 Å². The zero-order valence-corrected chi connectivity index (χ0v) is 11.5. The lowest BCUT2D eigenvalue weighted by atomic mass is 10.0. The molecule has 2 rings (SSSR count). The lowest BCUT2D eigenvalue weighted by Gasteiger charge is -2.07. The van der Waals surface area contributed by atoms with E-state index in [9.17, 15) is 0 Å². The molecule has 3 nitrogen and oxygen atoms in total. The quantitative estimate of drug-likeness (QED) is 0.808. The van der Waals surface area contributed by atoms with Gasteiger partial charge in [0.05, 0.1) is 10.2 Å². The van der Waals surface area contributed by atoms with E-state index in [0.29, 0.717) is 5.69 Å². The molecule has 1 aromatic heterocycles. The summed E-state index contributed by atoms with van der Waals surface area (Å²) in [4.78, 5) is 0. The number of hydrogen-bond acceptors (Lipinski definition) is 2. The number of hydrogen-bond donors (Lipinski definition) is 0. The maximum atomic E-state index is 8.96. The molecule has 0 unspecified atom stereocenters. The van der Waals surface area contributed by atoms with E-state index in [2.05, 4.69) is 59.1 Å². The second kappa shape index (κ2) is 4.34. The van der Waals surface area contributed by atoms with Crippen LogP contribution in [-0.2, 0) is 7.05 Å². The average Bonchev–Trinajstić information content (AvgIpc) is 2.55. The molecular formula is C13H12BrN3. The molecule has 0 atom stereocenters. The number of nitriles is 1. The summed E-state index contributed by atoms with van der Waals surface area (Å²) in [6.45, 7) is 4.13. The molecule has 0 aliphatic carbocycles. The van der Waals surface area contributed by atoms with Gasteiger partial charge in [0.2, 0.25) is 0 Å². The number of rotatable bonds is 1. The Morgan fingerprint density at radius 3 is 2.59 bits per heavy atom. The maximum absolute atomic E-state index is 8.96. The number of aromatic nitrogens is 2. The average molecular weight is 290 g/mol. The molecule has 0 saturated heterocycles. The van der Waals surface area contributed by atoms with Crippen molar-refractivity contribution < 1.29 is 0 Å². The zero-order valence-electron chi connectivity index (χ0n) is 9.95. The van der Waals surface area contributed by atoms with E-state index in [1.807, 2.05) is 7.05 Å². The first-order valence-corrected chi connectivity index (χ1v) is 6.04. The van der Waals surface area contributed by atoms with Crippen molar-refractivity contribution in [1.82, 2.24) is 9.78 Å². The topological polar surface area (TPSA) is 41.6 Å². The van der Waals surface area contributed by atoms with Crippen LogP contribution in [0, 0.1) is 25.2 Å². The minimum absolute atomic E-state index is 0.419. The molecule has 1 heterocycles. The summed E-state index contributed by atoms with van der Waals surface area (Å²) >= 11 is 3.45. The van der Waals surface area contributed by atoms with Crippen LogP contribution in [0.4, 0.5) is 0 Å². The fraction of sp³-hybridized carbons (Fsp3) is 0.231. The molecule has 0 N–H and O–H groups in total. The van der Waals surface area contributed by atoms with Crippen molar-refractivity contribution in [3.05, 3.63) is 39.5 Å². The molecule has 0 aliphatic heterocycles. The van der Waals surface area contributed by atoms with Crippen LogP contribution in [0.15, 0.2) is 22.7 Å². The molecule has 2 aromatic rings. The Kier molecular flexibility index (Phi) is 3.03. The SMILES string of the molecule is Cc1ccc(-c2c(Br)c(C#N)nn2C)c(C)c1. The predicted octanol–water partition coefficient (Wildman–Crippen LogP) is 3.34. The van der Waals surface area contributed by atoms with Crippen LogP contribution in [0.25, 0.3) is 11.3 Å². The van der Waals surface area contributed by atoms with Crippen LogP contribution in [0.5, 0.6) is 0 Å². The zero-order chi connectivity index (χ0) is 12.6. The lowest BCUT2D eigenvalue weighted by molar-refractivity contribution is 0.770. The summed E-state index contributed by atoms with van der Waals surface area (Å²) in [5.41, 5.74) is 4.86. The van der Waals surface area contributed by atoms with Crippen LogP contribution in [-0.4, -0.2) is 9.78 Å². The summed E-state index contributed by atoms with van der Waals surface area (Å²) in [7, 11) is 1.85. The molecule has 0 saturated carbocycles. The molecule has 4 heteroatoms. The lowest BCUT2D eigenvalue weighted by Crippen LogP contribution is -1.96. The third kappa shape index (κ3) is 1.98. The Bertz CT molecular complexity index is 620. The monoisotopic (exact) mass is 289 g/mol. The number of aryl methyl sites for hydroxylation is 3. The van der Waals surface area contributed by atoms with E-state index >= 15 is 0 Å². The van der Waals surface area contributed by atoms with Gasteiger partial charge in [-0.2, -0.15) is 10.4 Å². The fourth-order valence-corrected chi connectivity index (χ4v) is 2.58. The standard InChI is InChI=1S/C13H12BrN3/c1-8-4-5-10(9(2)6-8)13-12(14)11(7-15)16-17(13)3/h4-6H,1-3H3. The molecule has 0 spiro atoms. The highest BCUT2D eigenvalue weighted by atomic mass is 79.9. The molecule has 0 fully saturated rings. The normalized spacial score (nSPS) is 10.3. The highest BCUT2D eigenvalue weighted by Gasteiger charge is 2.16. The van der Waals surface area contributed by atoms with Crippen molar-refractivity contribution in [2.75, 3.05) is 0 Å². The smallest absolute Gasteiger partial charge is 0.177 e. The maximum Gasteiger partial charge on any atom is 0.177 e. The Morgan fingerprint density at radius 2 is 2.06 bits per heavy atom. The highest BCUT2D eigenvalue weighted by Crippen LogP contribution is 2.32. The summed E-state index contributed by atoms with van der Waals surface area (Å²) in [6, 6.07) is 8.33. The van der Waals surface area contributed by atoms with Gasteiger partial charge in [-0.1, -0.05) is 23.8 Å². The molecule has 0 bridgehead atoms. The minimum Gasteiger partial charge on any atom is -0.265 e. The van der Waals surface area contributed by atoms with E-state index < -0.39 is 0 Å². The molecule has 86 valence electrons. The molecule has 0 aliphatic rings. The Hall–Kier alpha value is -1.60. The summed E-state index contributed by atoms with van der Waals surface area (Å²) in [6.07, 6.45) is 0. The first-order chi connectivity index (χ1) is 8.04. The van der Waals surface area contributed by atoms with Crippen molar-refractivity contribution in [3.8, 4) is 17.3 Å². The van der Waals surface area contributed by atoms with E-state index in [-0.39, 0.29) is 0 Å². The third-order valence-corrected chi connectivity index (χ3v) is 3.48. The van der Waals surface area contributed by atoms with Gasteiger partial charge in [-0.15, -0.1) is 0 Å². The highest BCUT2D eigenvalue weighted by molar-refractivity contribution is 9.10. The largest absolute Gasteiger partial charge is 0.265 e. The first kappa shape index (κ1) is 11.9. The summed E-state index contributed by atoms with van der Waals surface area (Å²) in [5.74, 6) is 0. The number of nitrogens with zero attached hydrogens (tertiary/aromatic N) is 3. The van der Waals surface area contributed by atoms with Crippen molar-refractivity contribution in [2.24, 2.45) is 7.05 Å². The van der Waals surface area contributed by atoms with Crippen LogP contribution in [0.3, 0.4) is 0 Å². The number of benzene rings is 1. The van der Waals surface area contributed by atoms with E-state index in [4.69, 9.17) is 5.26 Å². The van der Waals surface area contributed by atoms with Gasteiger partial charge < -0.3 is 0 Å². The van der Waals surface area contributed by atoms with E-state index in [0.717, 1.165) is 15.7 Å². The Labute approximate surface area is 109 Å². The molecule has 1 aromatic carbocycles. The molecule has 0 amide bonds. The molecule has 0 radical (unpaired) electrons. The second-order valence-electron chi connectivity index (χ2n) is 4.06. The number of halogens is 1. The van der Waals surface area contributed by atoms with Crippen molar-refractivity contribution >= 4 is 15.9 Å². The van der Waals surface area contributed by atoms with Gasteiger partial charge in [0.15, 0.2) is 5.69 Å². The van der Waals surface area contributed by atoms with E-state index in [1.165, 1.54) is 11.1 Å². The van der Waals surface area contributed by atoms with Gasteiger partial charge in [-0.05, 0) is 35.3 Å². The van der Waals surface area contributed by atoms with Crippen LogP contribution >= 0.6 is 15.9 Å². The van der Waals surface area contributed by atoms with Gasteiger partial charge in [0.1, 0.15) is 6.07 Å². The van der Waals surface area contributed by atoms with Gasteiger partial charge in [0, 0.05) is 12.6 Å². The minimum atomic E-state index is 0.419. The first-order valence-electron chi connectivity index (χ1n) is 5.25. The molecule has 17 heavy (non-hydrogen) atoms. The van der Waals surface area contributed by atoms with Crippen LogP contribution in [0.2, 0.25) is 0 Å². The summed E-state index contributed by atoms with van der Waals surface area (Å²) in [5, 5.41) is 13.1. The van der Waals surface area contributed by atoms with Crippen molar-refractivity contribution in [3.63, 3.8) is 0 Å².